The number of likely N-dealkylation sites (N-methyl/N-ethyl adjacent to an activating group) is 1. The number of rotatable bonds is 4. The highest BCUT2D eigenvalue weighted by Gasteiger charge is 2.08. The van der Waals surface area contributed by atoms with Gasteiger partial charge in [0.2, 0.25) is 11.8 Å². The summed E-state index contributed by atoms with van der Waals surface area (Å²) in [7, 11) is 1.71. The van der Waals surface area contributed by atoms with E-state index < -0.39 is 0 Å². The first-order valence-electron chi connectivity index (χ1n) is 5.95. The van der Waals surface area contributed by atoms with Crippen LogP contribution in [0.1, 0.15) is 23.1 Å². The number of aromatic nitrogens is 1. The molecule has 5 heteroatoms. The first-order valence-corrected chi connectivity index (χ1v) is 5.95. The van der Waals surface area contributed by atoms with Crippen molar-refractivity contribution in [3.63, 3.8) is 0 Å². The van der Waals surface area contributed by atoms with Crippen molar-refractivity contribution in [2.24, 2.45) is 0 Å². The molecule has 0 fully saturated rings. The Kier molecular flexibility index (Phi) is 3.85. The van der Waals surface area contributed by atoms with Crippen molar-refractivity contribution in [1.29, 1.82) is 0 Å². The van der Waals surface area contributed by atoms with Crippen LogP contribution >= 0.6 is 0 Å². The number of hydrogen-bond donors (Lipinski definition) is 0. The Balaban J connectivity index is 1.94. The van der Waals surface area contributed by atoms with Crippen molar-refractivity contribution in [2.45, 2.75) is 20.4 Å². The van der Waals surface area contributed by atoms with Gasteiger partial charge >= 0.3 is 0 Å². The van der Waals surface area contributed by atoms with E-state index in [1.165, 1.54) is 6.08 Å². The van der Waals surface area contributed by atoms with Gasteiger partial charge < -0.3 is 13.7 Å². The summed E-state index contributed by atoms with van der Waals surface area (Å²) in [6.45, 7) is 4.13. The minimum Gasteiger partial charge on any atom is -0.464 e. The average Bonchev–Trinajstić information content (AvgIpc) is 2.95. The van der Waals surface area contributed by atoms with Gasteiger partial charge in [-0.1, -0.05) is 0 Å². The van der Waals surface area contributed by atoms with E-state index in [1.54, 1.807) is 24.3 Å². The molecule has 0 aliphatic heterocycles. The van der Waals surface area contributed by atoms with Crippen molar-refractivity contribution in [2.75, 3.05) is 7.05 Å². The number of carbonyl (C=O) groups is 1. The number of hydrogen-bond acceptors (Lipinski definition) is 4. The quantitative estimate of drug-likeness (QED) is 0.793. The summed E-state index contributed by atoms with van der Waals surface area (Å²) in [5.41, 5.74) is 0.784. The summed E-state index contributed by atoms with van der Waals surface area (Å²) in [6.07, 6.45) is 4.53. The molecule has 2 rings (SSSR count). The van der Waals surface area contributed by atoms with Gasteiger partial charge in [0.1, 0.15) is 17.8 Å². The van der Waals surface area contributed by atoms with E-state index in [4.69, 9.17) is 8.83 Å². The first-order chi connectivity index (χ1) is 9.04. The number of amides is 1. The number of nitrogens with zero attached hydrogens (tertiary/aromatic N) is 2. The fourth-order valence-corrected chi connectivity index (χ4v) is 1.60. The molecule has 0 unspecified atom stereocenters. The molecular weight excluding hydrogens is 244 g/mol. The highest BCUT2D eigenvalue weighted by molar-refractivity contribution is 5.90. The smallest absolute Gasteiger partial charge is 0.246 e. The molecule has 0 saturated heterocycles. The van der Waals surface area contributed by atoms with Crippen LogP contribution in [0.2, 0.25) is 0 Å². The van der Waals surface area contributed by atoms with Crippen LogP contribution in [0.15, 0.2) is 33.3 Å². The molecule has 5 nitrogen and oxygen atoms in total. The molecule has 0 atom stereocenters. The lowest BCUT2D eigenvalue weighted by atomic mass is 10.3. The monoisotopic (exact) mass is 260 g/mol. The molecule has 0 aromatic carbocycles. The minimum absolute atomic E-state index is 0.134. The molecular formula is C14H16N2O3. The Hall–Kier alpha value is -2.30. The van der Waals surface area contributed by atoms with Crippen LogP contribution in [0.5, 0.6) is 0 Å². The van der Waals surface area contributed by atoms with E-state index in [-0.39, 0.29) is 5.91 Å². The fourth-order valence-electron chi connectivity index (χ4n) is 1.60. The molecule has 2 aromatic rings. The van der Waals surface area contributed by atoms with Crippen LogP contribution in [-0.4, -0.2) is 22.8 Å². The van der Waals surface area contributed by atoms with Crippen molar-refractivity contribution in [3.8, 4) is 0 Å². The summed E-state index contributed by atoms with van der Waals surface area (Å²) >= 11 is 0. The highest BCUT2D eigenvalue weighted by atomic mass is 16.3. The summed E-state index contributed by atoms with van der Waals surface area (Å²) in [5.74, 6) is 1.88. The minimum atomic E-state index is -0.134. The summed E-state index contributed by atoms with van der Waals surface area (Å²) in [5, 5.41) is 0. The lowest BCUT2D eigenvalue weighted by Gasteiger charge is -2.12. The predicted molar refractivity (Wildman–Crippen MR) is 70.2 cm³/mol. The molecule has 0 saturated carbocycles. The number of aryl methyl sites for hydroxylation is 2. The average molecular weight is 260 g/mol. The normalized spacial score (nSPS) is 11.1. The van der Waals surface area contributed by atoms with E-state index in [9.17, 15) is 4.79 Å². The molecule has 0 spiro atoms. The number of furan rings is 1. The predicted octanol–water partition coefficient (Wildman–Crippen LogP) is 2.56. The van der Waals surface area contributed by atoms with E-state index in [2.05, 4.69) is 4.98 Å². The largest absolute Gasteiger partial charge is 0.464 e. The van der Waals surface area contributed by atoms with E-state index in [1.807, 2.05) is 26.0 Å². The Morgan fingerprint density at radius 1 is 1.42 bits per heavy atom. The van der Waals surface area contributed by atoms with E-state index in [0.717, 1.165) is 17.2 Å². The molecule has 0 aliphatic rings. The van der Waals surface area contributed by atoms with Crippen molar-refractivity contribution >= 4 is 12.0 Å². The van der Waals surface area contributed by atoms with Gasteiger partial charge in [0, 0.05) is 19.2 Å². The second-order valence-corrected chi connectivity index (χ2v) is 4.37. The standard InChI is InChI=1S/C14H16N2O3/c1-10-9-18-13(15-10)6-7-14(17)16(3)8-12-5-4-11(2)19-12/h4-7,9H,8H2,1-3H3/b7-6+. The summed E-state index contributed by atoms with van der Waals surface area (Å²) in [4.78, 5) is 17.5. The van der Waals surface area contributed by atoms with Crippen molar-refractivity contribution < 1.29 is 13.6 Å². The third kappa shape index (κ3) is 3.58. The summed E-state index contributed by atoms with van der Waals surface area (Å²) in [6, 6.07) is 3.74. The maximum Gasteiger partial charge on any atom is 0.246 e. The highest BCUT2D eigenvalue weighted by Crippen LogP contribution is 2.09. The maximum atomic E-state index is 11.9. The maximum absolute atomic E-state index is 11.9. The van der Waals surface area contributed by atoms with Crippen LogP contribution in [0.25, 0.3) is 6.08 Å². The van der Waals surface area contributed by atoms with Gasteiger partial charge in [-0.25, -0.2) is 4.98 Å². The van der Waals surface area contributed by atoms with Gasteiger partial charge in [0.25, 0.3) is 0 Å². The third-order valence-corrected chi connectivity index (χ3v) is 2.57. The molecule has 2 aromatic heterocycles. The van der Waals surface area contributed by atoms with Crippen LogP contribution in [0.4, 0.5) is 0 Å². The third-order valence-electron chi connectivity index (χ3n) is 2.57. The zero-order valence-electron chi connectivity index (χ0n) is 11.2. The van der Waals surface area contributed by atoms with Gasteiger partial charge in [0.05, 0.1) is 12.2 Å². The Morgan fingerprint density at radius 2 is 2.21 bits per heavy atom. The molecule has 0 aliphatic carbocycles. The van der Waals surface area contributed by atoms with Gasteiger partial charge in [-0.3, -0.25) is 4.79 Å². The first kappa shape index (κ1) is 13.1. The molecule has 19 heavy (non-hydrogen) atoms. The zero-order chi connectivity index (χ0) is 13.8. The molecule has 100 valence electrons. The molecule has 2 heterocycles. The SMILES string of the molecule is Cc1coc(/C=C/C(=O)N(C)Cc2ccc(C)o2)n1. The van der Waals surface area contributed by atoms with E-state index >= 15 is 0 Å². The lowest BCUT2D eigenvalue weighted by molar-refractivity contribution is -0.125. The molecule has 0 bridgehead atoms. The van der Waals surface area contributed by atoms with Crippen LogP contribution < -0.4 is 0 Å². The lowest BCUT2D eigenvalue weighted by Crippen LogP contribution is -2.23. The van der Waals surface area contributed by atoms with Gasteiger partial charge in [0.15, 0.2) is 0 Å². The topological polar surface area (TPSA) is 59.5 Å². The molecule has 0 N–H and O–H groups in total. The number of oxazole rings is 1. The fraction of sp³-hybridized carbons (Fsp3) is 0.286. The van der Waals surface area contributed by atoms with Crippen molar-refractivity contribution in [3.05, 3.63) is 47.6 Å². The second kappa shape index (κ2) is 5.56. The van der Waals surface area contributed by atoms with Crippen LogP contribution in [-0.2, 0) is 11.3 Å². The molecule has 0 radical (unpaired) electrons. The van der Waals surface area contributed by atoms with Gasteiger partial charge in [-0.15, -0.1) is 0 Å². The van der Waals surface area contributed by atoms with Gasteiger partial charge in [-0.05, 0) is 26.0 Å². The van der Waals surface area contributed by atoms with E-state index in [0.29, 0.717) is 12.4 Å². The Bertz CT molecular complexity index is 595. The second-order valence-electron chi connectivity index (χ2n) is 4.37. The van der Waals surface area contributed by atoms with Crippen molar-refractivity contribution in [1.82, 2.24) is 9.88 Å². The molecule has 1 amide bonds. The Labute approximate surface area is 111 Å². The zero-order valence-corrected chi connectivity index (χ0v) is 11.2. The number of carbonyl (C=O) groups excluding carboxylic acids is 1. The van der Waals surface area contributed by atoms with Gasteiger partial charge in [-0.2, -0.15) is 0 Å². The van der Waals surface area contributed by atoms with Crippen LogP contribution in [0.3, 0.4) is 0 Å². The Morgan fingerprint density at radius 3 is 2.79 bits per heavy atom. The summed E-state index contributed by atoms with van der Waals surface area (Å²) < 4.78 is 10.6. The van der Waals surface area contributed by atoms with Crippen LogP contribution in [0, 0.1) is 13.8 Å².